The molecule has 0 spiro atoms. The van der Waals surface area contributed by atoms with Crippen LogP contribution in [0.5, 0.6) is 0 Å². The molecule has 1 atom stereocenters. The minimum absolute atomic E-state index is 0.0999. The Labute approximate surface area is 223 Å². The third kappa shape index (κ3) is 5.75. The van der Waals surface area contributed by atoms with Crippen molar-refractivity contribution < 1.29 is 22.7 Å². The van der Waals surface area contributed by atoms with Crippen molar-refractivity contribution in [1.29, 1.82) is 0 Å². The van der Waals surface area contributed by atoms with Gasteiger partial charge in [-0.3, -0.25) is 9.59 Å². The van der Waals surface area contributed by atoms with E-state index in [9.17, 15) is 18.0 Å². The molecule has 0 saturated carbocycles. The Morgan fingerprint density at radius 1 is 1.19 bits per heavy atom. The molecule has 3 heterocycles. The van der Waals surface area contributed by atoms with E-state index in [1.54, 1.807) is 4.57 Å². The third-order valence-electron chi connectivity index (χ3n) is 6.14. The van der Waals surface area contributed by atoms with Crippen molar-refractivity contribution >= 4 is 66.4 Å². The first-order chi connectivity index (χ1) is 17.2. The molecule has 0 bridgehead atoms. The fraction of sp³-hybridized carbons (Fsp3) is 0.458. The van der Waals surface area contributed by atoms with E-state index in [1.807, 2.05) is 12.1 Å². The fourth-order valence-electron chi connectivity index (χ4n) is 4.25. The summed E-state index contributed by atoms with van der Waals surface area (Å²) in [4.78, 5) is 30.3. The van der Waals surface area contributed by atoms with Gasteiger partial charge in [-0.25, -0.2) is 8.42 Å². The quantitative estimate of drug-likeness (QED) is 0.369. The first kappa shape index (κ1) is 27.0. The van der Waals surface area contributed by atoms with Crippen LogP contribution in [0.1, 0.15) is 44.6 Å². The Morgan fingerprint density at radius 3 is 2.69 bits per heavy atom. The molecular weight excluding hydrogens is 542 g/mol. The zero-order valence-corrected chi connectivity index (χ0v) is 23.3. The lowest BCUT2D eigenvalue weighted by Gasteiger charge is -2.31. The van der Waals surface area contributed by atoms with Crippen LogP contribution in [-0.2, 0) is 37.3 Å². The molecule has 1 saturated heterocycles. The number of rotatable bonds is 8. The number of thiazole rings is 1. The molecule has 1 aliphatic rings. The van der Waals surface area contributed by atoms with Crippen molar-refractivity contribution in [3.8, 4) is 0 Å². The molecule has 1 amide bonds. The summed E-state index contributed by atoms with van der Waals surface area (Å²) in [6.45, 7) is 2.27. The van der Waals surface area contributed by atoms with Crippen molar-refractivity contribution in [1.82, 2.24) is 8.87 Å². The summed E-state index contributed by atoms with van der Waals surface area (Å²) in [5.74, 6) is -1.01. The molecule has 0 radical (unpaired) electrons. The molecule has 8 nitrogen and oxygen atoms in total. The van der Waals surface area contributed by atoms with Crippen LogP contribution in [0.4, 0.5) is 0 Å². The summed E-state index contributed by atoms with van der Waals surface area (Å²) in [6.07, 6.45) is 4.85. The normalized spacial score (nSPS) is 17.5. The number of nitrogens with zero attached hydrogens (tertiary/aromatic N) is 3. The predicted octanol–water partition coefficient (Wildman–Crippen LogP) is 4.60. The number of ether oxygens (including phenoxy) is 1. The number of carbonyl (C=O) groups excluding carboxylic acids is 2. The summed E-state index contributed by atoms with van der Waals surface area (Å²) in [6, 6.07) is 8.09. The highest BCUT2D eigenvalue weighted by molar-refractivity contribution is 7.91. The van der Waals surface area contributed by atoms with Crippen molar-refractivity contribution in [2.45, 2.75) is 62.2 Å². The molecule has 12 heteroatoms. The third-order valence-corrected chi connectivity index (χ3v) is 10.8. The Kier molecular flexibility index (Phi) is 8.67. The van der Waals surface area contributed by atoms with Gasteiger partial charge in [0, 0.05) is 6.54 Å². The second-order valence-electron chi connectivity index (χ2n) is 8.59. The van der Waals surface area contributed by atoms with Crippen molar-refractivity contribution in [3.63, 3.8) is 0 Å². The number of hydrogen-bond donors (Lipinski definition) is 0. The molecule has 2 aromatic heterocycles. The molecular formula is C24H28ClN3O5S3. The van der Waals surface area contributed by atoms with E-state index in [0.29, 0.717) is 22.0 Å². The lowest BCUT2D eigenvalue weighted by Crippen LogP contribution is -2.47. The fourth-order valence-corrected chi connectivity index (χ4v) is 8.61. The van der Waals surface area contributed by atoms with Crippen LogP contribution in [0, 0.1) is 0 Å². The first-order valence-corrected chi connectivity index (χ1v) is 15.2. The Morgan fingerprint density at radius 2 is 2.00 bits per heavy atom. The van der Waals surface area contributed by atoms with Crippen molar-refractivity contribution in [2.24, 2.45) is 4.99 Å². The summed E-state index contributed by atoms with van der Waals surface area (Å²) < 4.78 is 35.7. The van der Waals surface area contributed by atoms with Gasteiger partial charge in [0.15, 0.2) is 4.80 Å². The van der Waals surface area contributed by atoms with Gasteiger partial charge in [0.25, 0.3) is 15.9 Å². The van der Waals surface area contributed by atoms with Crippen LogP contribution in [-0.4, -0.2) is 48.9 Å². The lowest BCUT2D eigenvalue weighted by molar-refractivity contribution is -0.141. The van der Waals surface area contributed by atoms with E-state index in [0.717, 1.165) is 47.2 Å². The van der Waals surface area contributed by atoms with E-state index in [4.69, 9.17) is 16.3 Å². The molecule has 4 rings (SSSR count). The average Bonchev–Trinajstić information content (AvgIpc) is 3.46. The minimum atomic E-state index is -3.89. The van der Waals surface area contributed by atoms with Gasteiger partial charge in [-0.2, -0.15) is 9.30 Å². The van der Waals surface area contributed by atoms with Gasteiger partial charge in [-0.05, 0) is 55.5 Å². The number of unbranched alkanes of at least 4 members (excludes halogenated alkanes) is 1. The van der Waals surface area contributed by atoms with Crippen molar-refractivity contribution in [3.05, 3.63) is 45.0 Å². The standard InChI is InChI=1S/C24H28ClN3O5S3/c1-3-4-7-16-9-10-17-19(14-16)34-24(27(17)15-21(29)33-2)26-23(30)18-8-5-6-13-28(18)36(31,32)22-12-11-20(25)35-22/h9-12,14,18H,3-8,13,15H2,1-2H3. The highest BCUT2D eigenvalue weighted by atomic mass is 35.5. The van der Waals surface area contributed by atoms with Gasteiger partial charge < -0.3 is 9.30 Å². The molecule has 3 aromatic rings. The molecule has 194 valence electrons. The monoisotopic (exact) mass is 569 g/mol. The summed E-state index contributed by atoms with van der Waals surface area (Å²) in [5.41, 5.74) is 1.95. The zero-order valence-electron chi connectivity index (χ0n) is 20.1. The maximum absolute atomic E-state index is 13.4. The zero-order chi connectivity index (χ0) is 25.9. The van der Waals surface area contributed by atoms with Crippen LogP contribution >= 0.6 is 34.3 Å². The van der Waals surface area contributed by atoms with E-state index in [2.05, 4.69) is 18.0 Å². The number of carbonyl (C=O) groups is 2. The molecule has 36 heavy (non-hydrogen) atoms. The number of piperidine rings is 1. The maximum atomic E-state index is 13.4. The second-order valence-corrected chi connectivity index (χ2v) is 13.4. The molecule has 1 unspecified atom stereocenters. The predicted molar refractivity (Wildman–Crippen MR) is 142 cm³/mol. The van der Waals surface area contributed by atoms with E-state index in [1.165, 1.54) is 40.4 Å². The Bertz CT molecular complexity index is 1440. The number of thiophene rings is 1. The Hall–Kier alpha value is -2.05. The largest absolute Gasteiger partial charge is 0.468 e. The van der Waals surface area contributed by atoms with E-state index in [-0.39, 0.29) is 17.3 Å². The maximum Gasteiger partial charge on any atom is 0.325 e. The average molecular weight is 570 g/mol. The van der Waals surface area contributed by atoms with Gasteiger partial charge in [-0.15, -0.1) is 11.3 Å². The van der Waals surface area contributed by atoms with Gasteiger partial charge in [-0.1, -0.05) is 48.8 Å². The van der Waals surface area contributed by atoms with Crippen LogP contribution < -0.4 is 4.80 Å². The number of aromatic nitrogens is 1. The van der Waals surface area contributed by atoms with Crippen LogP contribution in [0.3, 0.4) is 0 Å². The Balaban J connectivity index is 1.74. The second kappa shape index (κ2) is 11.6. The van der Waals surface area contributed by atoms with Crippen LogP contribution in [0.25, 0.3) is 10.2 Å². The van der Waals surface area contributed by atoms with E-state index < -0.39 is 27.9 Å². The van der Waals surface area contributed by atoms with Crippen molar-refractivity contribution in [2.75, 3.05) is 13.7 Å². The summed E-state index contributed by atoms with van der Waals surface area (Å²) >= 11 is 8.25. The SMILES string of the molecule is CCCCc1ccc2c(c1)sc(=NC(=O)C1CCCCN1S(=O)(=O)c1ccc(Cl)s1)n2CC(=O)OC. The highest BCUT2D eigenvalue weighted by Crippen LogP contribution is 2.32. The van der Waals surface area contributed by atoms with Crippen LogP contribution in [0.15, 0.2) is 39.5 Å². The first-order valence-electron chi connectivity index (χ1n) is 11.8. The highest BCUT2D eigenvalue weighted by Gasteiger charge is 2.38. The molecule has 0 N–H and O–H groups in total. The molecule has 1 fully saturated rings. The lowest BCUT2D eigenvalue weighted by atomic mass is 10.0. The number of methoxy groups -OCH3 is 1. The number of amides is 1. The number of aryl methyl sites for hydroxylation is 1. The van der Waals surface area contributed by atoms with E-state index >= 15 is 0 Å². The number of benzene rings is 1. The molecule has 1 aliphatic heterocycles. The molecule has 1 aromatic carbocycles. The minimum Gasteiger partial charge on any atom is -0.468 e. The van der Waals surface area contributed by atoms with Gasteiger partial charge >= 0.3 is 5.97 Å². The topological polar surface area (TPSA) is 98.0 Å². The summed E-state index contributed by atoms with van der Waals surface area (Å²) in [7, 11) is -2.58. The number of fused-ring (bicyclic) bond motifs is 1. The number of esters is 1. The van der Waals surface area contributed by atoms with Crippen LogP contribution in [0.2, 0.25) is 4.34 Å². The van der Waals surface area contributed by atoms with Gasteiger partial charge in [0.2, 0.25) is 0 Å². The summed E-state index contributed by atoms with van der Waals surface area (Å²) in [5, 5.41) is 0. The number of halogens is 1. The number of sulfonamides is 1. The smallest absolute Gasteiger partial charge is 0.325 e. The van der Waals surface area contributed by atoms with Gasteiger partial charge in [0.1, 0.15) is 16.8 Å². The molecule has 0 aliphatic carbocycles. The van der Waals surface area contributed by atoms with Gasteiger partial charge in [0.05, 0.1) is 21.7 Å². The number of hydrogen-bond acceptors (Lipinski definition) is 7.